The Morgan fingerprint density at radius 3 is 2.81 bits per heavy atom. The number of hydrogen-bond donors (Lipinski definition) is 2. The van der Waals surface area contributed by atoms with Crippen molar-refractivity contribution in [2.45, 2.75) is 32.3 Å². The third kappa shape index (κ3) is 3.35. The molecule has 0 amide bonds. The van der Waals surface area contributed by atoms with Gasteiger partial charge in [0.2, 0.25) is 0 Å². The number of aliphatic hydroxyl groups excluding tert-OH is 1. The van der Waals surface area contributed by atoms with Gasteiger partial charge in [-0.25, -0.2) is 4.79 Å². The summed E-state index contributed by atoms with van der Waals surface area (Å²) in [6, 6.07) is 0. The molecule has 0 saturated carbocycles. The summed E-state index contributed by atoms with van der Waals surface area (Å²) in [7, 11) is 0. The van der Waals surface area contributed by atoms with Crippen LogP contribution in [-0.2, 0) is 14.3 Å². The fourth-order valence-corrected chi connectivity index (χ4v) is 2.22. The Hall–Kier alpha value is -1.20. The predicted molar refractivity (Wildman–Crippen MR) is 79.8 cm³/mol. The average Bonchev–Trinajstić information content (AvgIpc) is 2.42. The van der Waals surface area contributed by atoms with Gasteiger partial charge in [0.05, 0.1) is 9.49 Å². The van der Waals surface area contributed by atoms with Crippen molar-refractivity contribution >= 4 is 28.6 Å². The smallest absolute Gasteiger partial charge is 0.330 e. The highest BCUT2D eigenvalue weighted by Gasteiger charge is 2.44. The summed E-state index contributed by atoms with van der Waals surface area (Å²) in [6.07, 6.45) is -1.27. The zero-order valence-corrected chi connectivity index (χ0v) is 13.6. The number of halogens is 1. The minimum atomic E-state index is -0.996. The Labute approximate surface area is 133 Å². The van der Waals surface area contributed by atoms with E-state index in [1.165, 1.54) is 6.20 Å². The Bertz CT molecular complexity index is 652. The third-order valence-corrected chi connectivity index (χ3v) is 3.82. The molecular weight excluding hydrogens is 395 g/mol. The van der Waals surface area contributed by atoms with Gasteiger partial charge in [-0.2, -0.15) is 0 Å². The molecule has 8 nitrogen and oxygen atoms in total. The van der Waals surface area contributed by atoms with E-state index in [0.29, 0.717) is 3.57 Å². The van der Waals surface area contributed by atoms with Crippen LogP contribution in [0.5, 0.6) is 0 Å². The molecule has 21 heavy (non-hydrogen) atoms. The molecule has 3 atom stereocenters. The molecule has 3 unspecified atom stereocenters. The lowest BCUT2D eigenvalue weighted by Gasteiger charge is -2.41. The van der Waals surface area contributed by atoms with Crippen LogP contribution >= 0.6 is 22.6 Å². The second kappa shape index (κ2) is 6.28. The van der Waals surface area contributed by atoms with Crippen LogP contribution in [0.3, 0.4) is 0 Å². The van der Waals surface area contributed by atoms with E-state index in [-0.39, 0.29) is 18.5 Å². The highest BCUT2D eigenvalue weighted by molar-refractivity contribution is 14.1. The zero-order chi connectivity index (χ0) is 15.7. The first kappa shape index (κ1) is 16.2. The first-order chi connectivity index (χ1) is 9.81. The maximum atomic E-state index is 11.7. The van der Waals surface area contributed by atoms with Gasteiger partial charge in [-0.3, -0.25) is 19.1 Å². The molecule has 9 heteroatoms. The van der Waals surface area contributed by atoms with Gasteiger partial charge >= 0.3 is 11.7 Å². The summed E-state index contributed by atoms with van der Waals surface area (Å²) in [5.41, 5.74) is -1.16. The zero-order valence-electron chi connectivity index (χ0n) is 11.4. The molecule has 1 aliphatic heterocycles. The summed E-state index contributed by atoms with van der Waals surface area (Å²) in [4.78, 5) is 36.4. The number of esters is 1. The van der Waals surface area contributed by atoms with E-state index in [9.17, 15) is 19.5 Å². The van der Waals surface area contributed by atoms with Gasteiger partial charge in [0.1, 0.15) is 18.8 Å². The van der Waals surface area contributed by atoms with Gasteiger partial charge in [-0.15, -0.1) is 0 Å². The van der Waals surface area contributed by atoms with Crippen molar-refractivity contribution in [2.75, 3.05) is 6.61 Å². The molecule has 2 rings (SSSR count). The van der Waals surface area contributed by atoms with Crippen LogP contribution in [0.15, 0.2) is 15.8 Å². The lowest BCUT2D eigenvalue weighted by Crippen LogP contribution is -2.55. The SMILES string of the molecule is CC(C)C(=O)OCC1OC(n2cc(I)c(=O)[nH]c2=O)C1O. The molecule has 0 spiro atoms. The fraction of sp³-hybridized carbons (Fsp3) is 0.583. The summed E-state index contributed by atoms with van der Waals surface area (Å²) in [5, 5.41) is 9.99. The topological polar surface area (TPSA) is 111 Å². The first-order valence-electron chi connectivity index (χ1n) is 6.32. The van der Waals surface area contributed by atoms with Crippen molar-refractivity contribution in [2.24, 2.45) is 5.92 Å². The van der Waals surface area contributed by atoms with Crippen LogP contribution in [-0.4, -0.2) is 39.4 Å². The number of H-pyrrole nitrogens is 1. The molecule has 116 valence electrons. The Balaban J connectivity index is 2.01. The highest BCUT2D eigenvalue weighted by Crippen LogP contribution is 2.30. The highest BCUT2D eigenvalue weighted by atomic mass is 127. The lowest BCUT2D eigenvalue weighted by atomic mass is 10.1. The summed E-state index contributed by atoms with van der Waals surface area (Å²) in [5.74, 6) is -0.647. The molecule has 1 aromatic heterocycles. The number of carbonyl (C=O) groups is 1. The Morgan fingerprint density at radius 2 is 2.24 bits per heavy atom. The number of carbonyl (C=O) groups excluding carboxylic acids is 1. The van der Waals surface area contributed by atoms with Crippen molar-refractivity contribution < 1.29 is 19.4 Å². The summed E-state index contributed by atoms with van der Waals surface area (Å²) < 4.78 is 11.7. The van der Waals surface area contributed by atoms with Crippen molar-refractivity contribution in [3.8, 4) is 0 Å². The van der Waals surface area contributed by atoms with Crippen LogP contribution in [0, 0.1) is 9.49 Å². The Kier molecular flexibility index (Phi) is 4.84. The number of ether oxygens (including phenoxy) is 2. The van der Waals surface area contributed by atoms with Crippen LogP contribution in [0.25, 0.3) is 0 Å². The molecule has 1 aromatic rings. The van der Waals surface area contributed by atoms with Crippen molar-refractivity contribution in [3.05, 3.63) is 30.6 Å². The standard InChI is InChI=1S/C12H15IN2O6/c1-5(2)11(18)20-4-7-8(16)10(21-7)15-3-6(13)9(17)14-12(15)19/h3,5,7-8,10,16H,4H2,1-2H3,(H,14,17,19). The molecule has 0 aliphatic carbocycles. The van der Waals surface area contributed by atoms with E-state index in [2.05, 4.69) is 4.98 Å². The fourth-order valence-electron chi connectivity index (χ4n) is 1.78. The molecule has 1 aliphatic rings. The first-order valence-corrected chi connectivity index (χ1v) is 7.40. The molecule has 0 bridgehead atoms. The quantitative estimate of drug-likeness (QED) is 0.517. The molecule has 1 fully saturated rings. The van der Waals surface area contributed by atoms with Gasteiger partial charge in [-0.05, 0) is 22.6 Å². The monoisotopic (exact) mass is 410 g/mol. The molecule has 0 aromatic carbocycles. The number of aromatic amines is 1. The van der Waals surface area contributed by atoms with E-state index in [0.717, 1.165) is 4.57 Å². The number of nitrogens with one attached hydrogen (secondary N) is 1. The van der Waals surface area contributed by atoms with Crippen molar-refractivity contribution in [3.63, 3.8) is 0 Å². The minimum absolute atomic E-state index is 0.0795. The van der Waals surface area contributed by atoms with E-state index < -0.39 is 29.7 Å². The number of nitrogens with zero attached hydrogens (tertiary/aromatic N) is 1. The molecule has 1 saturated heterocycles. The minimum Gasteiger partial charge on any atom is -0.463 e. The van der Waals surface area contributed by atoms with Crippen molar-refractivity contribution in [1.29, 1.82) is 0 Å². The van der Waals surface area contributed by atoms with E-state index in [1.807, 2.05) is 0 Å². The molecule has 2 N–H and O–H groups in total. The Morgan fingerprint density at radius 1 is 1.57 bits per heavy atom. The van der Waals surface area contributed by atoms with Crippen LogP contribution < -0.4 is 11.2 Å². The molecule has 0 radical (unpaired) electrons. The van der Waals surface area contributed by atoms with Gasteiger partial charge in [0.15, 0.2) is 6.23 Å². The largest absolute Gasteiger partial charge is 0.463 e. The number of rotatable bonds is 4. The van der Waals surface area contributed by atoms with E-state index in [4.69, 9.17) is 9.47 Å². The van der Waals surface area contributed by atoms with E-state index >= 15 is 0 Å². The summed E-state index contributed by atoms with van der Waals surface area (Å²) >= 11 is 1.78. The van der Waals surface area contributed by atoms with Gasteiger partial charge in [-0.1, -0.05) is 13.8 Å². The average molecular weight is 410 g/mol. The number of aliphatic hydroxyl groups is 1. The summed E-state index contributed by atoms with van der Waals surface area (Å²) in [6.45, 7) is 3.32. The number of hydrogen-bond acceptors (Lipinski definition) is 6. The van der Waals surface area contributed by atoms with Crippen LogP contribution in [0.2, 0.25) is 0 Å². The maximum absolute atomic E-state index is 11.7. The van der Waals surface area contributed by atoms with Crippen LogP contribution in [0.1, 0.15) is 20.1 Å². The van der Waals surface area contributed by atoms with Gasteiger partial charge in [0.25, 0.3) is 5.56 Å². The van der Waals surface area contributed by atoms with Crippen LogP contribution in [0.4, 0.5) is 0 Å². The predicted octanol–water partition coefficient (Wildman–Crippen LogP) is -0.401. The normalized spacial score (nSPS) is 24.7. The second-order valence-corrected chi connectivity index (χ2v) is 6.15. The molecular formula is C12H15IN2O6. The van der Waals surface area contributed by atoms with Crippen molar-refractivity contribution in [1.82, 2.24) is 9.55 Å². The molecule has 2 heterocycles. The third-order valence-electron chi connectivity index (χ3n) is 3.05. The van der Waals surface area contributed by atoms with Gasteiger partial charge < -0.3 is 14.6 Å². The second-order valence-electron chi connectivity index (χ2n) is 4.98. The van der Waals surface area contributed by atoms with E-state index in [1.54, 1.807) is 36.4 Å². The number of aromatic nitrogens is 2. The maximum Gasteiger partial charge on any atom is 0.330 e. The van der Waals surface area contributed by atoms with Gasteiger partial charge in [0, 0.05) is 6.20 Å². The lowest BCUT2D eigenvalue weighted by molar-refractivity contribution is -0.269.